The number of alkyl halides is 6. The van der Waals surface area contributed by atoms with Crippen LogP contribution in [0.1, 0.15) is 11.1 Å². The lowest BCUT2D eigenvalue weighted by Gasteiger charge is -2.33. The molecule has 0 aliphatic rings. The maximum absolute atomic E-state index is 13.0. The molecule has 2 aromatic carbocycles. The smallest absolute Gasteiger partial charge is 0.398 e. The number of hydrogen-bond donors (Lipinski definition) is 2. The highest BCUT2D eigenvalue weighted by Crippen LogP contribution is 2.52. The van der Waals surface area contributed by atoms with Gasteiger partial charge >= 0.3 is 12.4 Å². The van der Waals surface area contributed by atoms with Gasteiger partial charge in [0.1, 0.15) is 0 Å². The van der Waals surface area contributed by atoms with E-state index in [-0.39, 0.29) is 10.8 Å². The molecule has 0 aliphatic carbocycles. The predicted molar refractivity (Wildman–Crippen MR) is 69.1 cm³/mol. The van der Waals surface area contributed by atoms with Gasteiger partial charge in [0.2, 0.25) is 0 Å². The standard InChI is InChI=1S/C14H8F6N2O/c15-13(16,17)12(23,14(18,19)20)10-5-7(6-21)8-3-1-2-4-9(8)11(10)22/h1-5,23H,22H2. The van der Waals surface area contributed by atoms with Crippen LogP contribution in [0, 0.1) is 11.3 Å². The Morgan fingerprint density at radius 1 is 0.957 bits per heavy atom. The third-order valence-corrected chi connectivity index (χ3v) is 3.42. The van der Waals surface area contributed by atoms with Crippen LogP contribution >= 0.6 is 0 Å². The van der Waals surface area contributed by atoms with Crippen molar-refractivity contribution in [1.82, 2.24) is 0 Å². The fourth-order valence-corrected chi connectivity index (χ4v) is 2.26. The van der Waals surface area contributed by atoms with E-state index in [0.717, 1.165) is 0 Å². The zero-order chi connectivity index (χ0) is 17.6. The molecular formula is C14H8F6N2O. The molecular weight excluding hydrogens is 326 g/mol. The highest BCUT2D eigenvalue weighted by molar-refractivity contribution is 5.98. The van der Waals surface area contributed by atoms with Crippen LogP contribution in [-0.2, 0) is 5.60 Å². The third-order valence-electron chi connectivity index (χ3n) is 3.42. The zero-order valence-corrected chi connectivity index (χ0v) is 11.1. The van der Waals surface area contributed by atoms with Gasteiger partial charge < -0.3 is 10.8 Å². The van der Waals surface area contributed by atoms with Gasteiger partial charge in [-0.05, 0) is 6.07 Å². The van der Waals surface area contributed by atoms with Crippen LogP contribution in [0.3, 0.4) is 0 Å². The van der Waals surface area contributed by atoms with E-state index in [1.807, 2.05) is 0 Å². The molecule has 9 heteroatoms. The summed E-state index contributed by atoms with van der Waals surface area (Å²) in [5.74, 6) is 0. The topological polar surface area (TPSA) is 70.0 Å². The summed E-state index contributed by atoms with van der Waals surface area (Å²) >= 11 is 0. The molecule has 0 amide bonds. The molecule has 0 atom stereocenters. The number of halogens is 6. The summed E-state index contributed by atoms with van der Waals surface area (Å²) in [6.07, 6.45) is -12.1. The van der Waals surface area contributed by atoms with Crippen molar-refractivity contribution >= 4 is 16.5 Å². The van der Waals surface area contributed by atoms with Crippen molar-refractivity contribution in [2.24, 2.45) is 0 Å². The summed E-state index contributed by atoms with van der Waals surface area (Å²) in [5.41, 5.74) is -2.70. The molecule has 0 spiro atoms. The predicted octanol–water partition coefficient (Wildman–Crippen LogP) is 3.61. The van der Waals surface area contributed by atoms with Gasteiger partial charge in [0.15, 0.2) is 0 Å². The molecule has 2 rings (SSSR count). The number of nitrogens with two attached hydrogens (primary N) is 1. The number of hydrogen-bond acceptors (Lipinski definition) is 3. The Balaban J connectivity index is 2.97. The second-order valence-corrected chi connectivity index (χ2v) is 4.75. The lowest BCUT2D eigenvalue weighted by Crippen LogP contribution is -2.54. The molecule has 0 saturated carbocycles. The van der Waals surface area contributed by atoms with E-state index >= 15 is 0 Å². The zero-order valence-electron chi connectivity index (χ0n) is 11.1. The molecule has 2 aromatic rings. The highest BCUT2D eigenvalue weighted by atomic mass is 19.4. The quantitative estimate of drug-likeness (QED) is 0.618. The molecule has 3 N–H and O–H groups in total. The molecule has 0 aliphatic heterocycles. The normalized spacial score (nSPS) is 13.1. The molecule has 0 fully saturated rings. The van der Waals surface area contributed by atoms with Gasteiger partial charge in [-0.2, -0.15) is 31.6 Å². The Bertz CT molecular complexity index is 790. The molecule has 0 radical (unpaired) electrons. The molecule has 0 aromatic heterocycles. The monoisotopic (exact) mass is 334 g/mol. The van der Waals surface area contributed by atoms with Crippen molar-refractivity contribution < 1.29 is 31.4 Å². The Morgan fingerprint density at radius 2 is 1.43 bits per heavy atom. The largest absolute Gasteiger partial charge is 0.430 e. The molecule has 0 heterocycles. The molecule has 0 unspecified atom stereocenters. The van der Waals surface area contributed by atoms with Crippen molar-refractivity contribution in [3.63, 3.8) is 0 Å². The Kier molecular flexibility index (Phi) is 3.69. The van der Waals surface area contributed by atoms with Gasteiger partial charge in [-0.25, -0.2) is 0 Å². The Labute approximate surface area is 125 Å². The van der Waals surface area contributed by atoms with E-state index in [1.54, 1.807) is 0 Å². The number of fused-ring (bicyclic) bond motifs is 1. The number of nitriles is 1. The van der Waals surface area contributed by atoms with Crippen LogP contribution < -0.4 is 5.73 Å². The minimum atomic E-state index is -6.07. The van der Waals surface area contributed by atoms with Crippen LogP contribution in [0.15, 0.2) is 30.3 Å². The lowest BCUT2D eigenvalue weighted by atomic mass is 9.86. The van der Waals surface area contributed by atoms with Gasteiger partial charge in [0, 0.05) is 22.0 Å². The minimum Gasteiger partial charge on any atom is -0.398 e. The number of nitrogen functional groups attached to an aromatic ring is 1. The van der Waals surface area contributed by atoms with Crippen molar-refractivity contribution in [2.45, 2.75) is 18.0 Å². The Morgan fingerprint density at radius 3 is 1.87 bits per heavy atom. The van der Waals surface area contributed by atoms with Crippen molar-refractivity contribution in [2.75, 3.05) is 5.73 Å². The van der Waals surface area contributed by atoms with Crippen LogP contribution in [0.25, 0.3) is 10.8 Å². The number of nitrogens with zero attached hydrogens (tertiary/aromatic N) is 1. The van der Waals surface area contributed by atoms with E-state index in [4.69, 9.17) is 11.0 Å². The summed E-state index contributed by atoms with van der Waals surface area (Å²) in [7, 11) is 0. The van der Waals surface area contributed by atoms with Crippen LogP contribution in [0.5, 0.6) is 0 Å². The minimum absolute atomic E-state index is 0.0861. The first-order chi connectivity index (χ1) is 10.4. The van der Waals surface area contributed by atoms with Gasteiger partial charge in [0.05, 0.1) is 11.6 Å². The van der Waals surface area contributed by atoms with Crippen LogP contribution in [0.2, 0.25) is 0 Å². The van der Waals surface area contributed by atoms with E-state index in [2.05, 4.69) is 0 Å². The van der Waals surface area contributed by atoms with E-state index < -0.39 is 34.8 Å². The first-order valence-electron chi connectivity index (χ1n) is 6.02. The first-order valence-corrected chi connectivity index (χ1v) is 6.02. The van der Waals surface area contributed by atoms with Crippen LogP contribution in [0.4, 0.5) is 32.0 Å². The molecule has 3 nitrogen and oxygen atoms in total. The second kappa shape index (κ2) is 5.03. The molecule has 23 heavy (non-hydrogen) atoms. The average Bonchev–Trinajstić information content (AvgIpc) is 2.45. The van der Waals surface area contributed by atoms with E-state index in [0.29, 0.717) is 6.07 Å². The highest BCUT2D eigenvalue weighted by Gasteiger charge is 2.72. The van der Waals surface area contributed by atoms with Gasteiger partial charge in [-0.1, -0.05) is 24.3 Å². The van der Waals surface area contributed by atoms with Gasteiger partial charge in [0.25, 0.3) is 5.60 Å². The van der Waals surface area contributed by atoms with Crippen LogP contribution in [-0.4, -0.2) is 17.5 Å². The summed E-state index contributed by atoms with van der Waals surface area (Å²) < 4.78 is 78.0. The molecule has 0 saturated heterocycles. The van der Waals surface area contributed by atoms with Gasteiger partial charge in [-0.15, -0.1) is 0 Å². The van der Waals surface area contributed by atoms with Crippen molar-refractivity contribution in [1.29, 1.82) is 5.26 Å². The maximum Gasteiger partial charge on any atom is 0.430 e. The molecule has 122 valence electrons. The first kappa shape index (κ1) is 16.9. The lowest BCUT2D eigenvalue weighted by molar-refractivity contribution is -0.375. The summed E-state index contributed by atoms with van der Waals surface area (Å²) in [6.45, 7) is 0. The van der Waals surface area contributed by atoms with E-state index in [1.165, 1.54) is 30.3 Å². The number of anilines is 1. The summed E-state index contributed by atoms with van der Waals surface area (Å²) in [6, 6.07) is 7.11. The summed E-state index contributed by atoms with van der Waals surface area (Å²) in [4.78, 5) is 0. The fourth-order valence-electron chi connectivity index (χ4n) is 2.26. The van der Waals surface area contributed by atoms with E-state index in [9.17, 15) is 31.4 Å². The number of aliphatic hydroxyl groups is 1. The van der Waals surface area contributed by atoms with Crippen molar-refractivity contribution in [3.8, 4) is 6.07 Å². The number of benzene rings is 2. The average molecular weight is 334 g/mol. The molecule has 0 bridgehead atoms. The third kappa shape index (κ3) is 2.35. The fraction of sp³-hybridized carbons (Fsp3) is 0.214. The SMILES string of the molecule is N#Cc1cc(C(O)(C(F)(F)F)C(F)(F)F)c(N)c2ccccc12. The Hall–Kier alpha value is -2.47. The maximum atomic E-state index is 13.0. The summed E-state index contributed by atoms with van der Waals surface area (Å²) in [5, 5.41) is 18.4. The van der Waals surface area contributed by atoms with Gasteiger partial charge in [-0.3, -0.25) is 0 Å². The second-order valence-electron chi connectivity index (χ2n) is 4.75. The van der Waals surface area contributed by atoms with Crippen molar-refractivity contribution in [3.05, 3.63) is 41.5 Å². The number of rotatable bonds is 1.